The van der Waals surface area contributed by atoms with Crippen LogP contribution in [-0.4, -0.2) is 70.8 Å². The molecule has 5 rings (SSSR count). The molecule has 2 heterocycles. The highest BCUT2D eigenvalue weighted by atomic mass is 19.4. The molecule has 0 aromatic heterocycles. The van der Waals surface area contributed by atoms with E-state index in [0.29, 0.717) is 43.7 Å². The zero-order valence-electron chi connectivity index (χ0n) is 24.8. The van der Waals surface area contributed by atoms with Gasteiger partial charge >= 0.3 is 18.4 Å². The number of amides is 4. The van der Waals surface area contributed by atoms with Gasteiger partial charge in [0.05, 0.1) is 5.92 Å². The lowest BCUT2D eigenvalue weighted by molar-refractivity contribution is -0.274. The van der Waals surface area contributed by atoms with E-state index in [2.05, 4.69) is 21.4 Å². The van der Waals surface area contributed by atoms with Crippen molar-refractivity contribution in [3.63, 3.8) is 0 Å². The molecule has 1 saturated heterocycles. The number of aliphatic carboxylic acids is 1. The number of carboxylic acid groups (broad SMARTS) is 1. The quantitative estimate of drug-likeness (QED) is 0.324. The number of nitrogens with one attached hydrogen (secondary N) is 2. The number of carbonyl (C=O) groups is 4. The Morgan fingerprint density at radius 3 is 2.28 bits per heavy atom. The number of piperidine rings is 1. The van der Waals surface area contributed by atoms with Crippen LogP contribution in [0.3, 0.4) is 0 Å². The number of hydrogen-bond acceptors (Lipinski definition) is 5. The first-order chi connectivity index (χ1) is 21.9. The number of rotatable bonds is 8. The van der Waals surface area contributed by atoms with E-state index in [1.54, 1.807) is 29.2 Å². The zero-order valence-corrected chi connectivity index (χ0v) is 24.8. The number of fused-ring (bicyclic) bond motifs is 1. The summed E-state index contributed by atoms with van der Waals surface area (Å²) >= 11 is 0. The minimum Gasteiger partial charge on any atom is -0.480 e. The maximum atomic E-state index is 13.1. The molecule has 4 amide bonds. The number of carbonyl (C=O) groups excluding carboxylic acids is 3. The Kier molecular flexibility index (Phi) is 9.78. The molecule has 3 aromatic rings. The van der Waals surface area contributed by atoms with Gasteiger partial charge in [-0.2, -0.15) is 0 Å². The second-order valence-electron chi connectivity index (χ2n) is 11.3. The summed E-state index contributed by atoms with van der Waals surface area (Å²) in [5, 5.41) is 15.3. The van der Waals surface area contributed by atoms with Crippen molar-refractivity contribution >= 4 is 29.5 Å². The van der Waals surface area contributed by atoms with Crippen molar-refractivity contribution in [1.82, 2.24) is 15.1 Å². The highest BCUT2D eigenvalue weighted by Crippen LogP contribution is 2.25. The third-order valence-corrected chi connectivity index (χ3v) is 8.09. The highest BCUT2D eigenvalue weighted by molar-refractivity contribution is 5.95. The fraction of sp³-hybridized carbons (Fsp3) is 0.333. The lowest BCUT2D eigenvalue weighted by Gasteiger charge is -2.32. The van der Waals surface area contributed by atoms with Crippen LogP contribution >= 0.6 is 0 Å². The third kappa shape index (κ3) is 8.34. The van der Waals surface area contributed by atoms with Gasteiger partial charge in [0.1, 0.15) is 11.8 Å². The minimum absolute atomic E-state index is 0.0000803. The maximum absolute atomic E-state index is 13.1. The molecule has 0 aliphatic carbocycles. The summed E-state index contributed by atoms with van der Waals surface area (Å²) < 4.78 is 41.1. The molecule has 46 heavy (non-hydrogen) atoms. The van der Waals surface area contributed by atoms with Gasteiger partial charge < -0.3 is 30.3 Å². The van der Waals surface area contributed by atoms with Gasteiger partial charge in [-0.05, 0) is 72.4 Å². The van der Waals surface area contributed by atoms with E-state index in [4.69, 9.17) is 0 Å². The highest BCUT2D eigenvalue weighted by Gasteiger charge is 2.33. The van der Waals surface area contributed by atoms with Gasteiger partial charge in [-0.3, -0.25) is 9.59 Å². The van der Waals surface area contributed by atoms with Gasteiger partial charge in [0.2, 0.25) is 5.91 Å². The van der Waals surface area contributed by atoms with Crippen LogP contribution in [0.2, 0.25) is 0 Å². The monoisotopic (exact) mass is 638 g/mol. The minimum atomic E-state index is -4.85. The summed E-state index contributed by atoms with van der Waals surface area (Å²) in [6.07, 6.45) is -3.14. The van der Waals surface area contributed by atoms with Crippen LogP contribution in [0.25, 0.3) is 0 Å². The average molecular weight is 639 g/mol. The van der Waals surface area contributed by atoms with Crippen LogP contribution in [0.15, 0.2) is 72.8 Å². The van der Waals surface area contributed by atoms with Crippen LogP contribution in [0.5, 0.6) is 5.75 Å². The first-order valence-corrected chi connectivity index (χ1v) is 14.8. The van der Waals surface area contributed by atoms with Crippen LogP contribution in [-0.2, 0) is 29.0 Å². The predicted molar refractivity (Wildman–Crippen MR) is 161 cm³/mol. The van der Waals surface area contributed by atoms with Crippen molar-refractivity contribution in [3.8, 4) is 5.75 Å². The Bertz CT molecular complexity index is 1580. The second-order valence-corrected chi connectivity index (χ2v) is 11.3. The summed E-state index contributed by atoms with van der Waals surface area (Å²) in [7, 11) is 0. The van der Waals surface area contributed by atoms with Gasteiger partial charge in [0, 0.05) is 43.9 Å². The Morgan fingerprint density at radius 1 is 0.913 bits per heavy atom. The summed E-state index contributed by atoms with van der Waals surface area (Å²) in [5.41, 5.74) is 3.67. The predicted octanol–water partition coefficient (Wildman–Crippen LogP) is 4.84. The smallest absolute Gasteiger partial charge is 0.480 e. The van der Waals surface area contributed by atoms with Crippen LogP contribution in [0.1, 0.15) is 39.9 Å². The molecule has 0 bridgehead atoms. The lowest BCUT2D eigenvalue weighted by atomic mass is 9.95. The molecule has 0 spiro atoms. The standard InChI is InChI=1S/C33H33F3N4O6/c34-33(35,36)46-27-13-9-23(10-14-27)30(42)39-16-3-6-25(20-39)29(41)38-28(31(43)44)18-21-7-11-26(12-8-21)37-32(45)40-17-15-22-4-1-2-5-24(22)19-40/h1-2,4-5,7-14,25,28H,3,6,15-20H2,(H,37,45)(H,38,41)(H,43,44)/t25?,28-/m1/s1. The van der Waals surface area contributed by atoms with E-state index in [1.807, 2.05) is 18.2 Å². The van der Waals surface area contributed by atoms with Gasteiger partial charge in [0.15, 0.2) is 0 Å². The lowest BCUT2D eigenvalue weighted by Crippen LogP contribution is -2.50. The number of nitrogens with zero attached hydrogens (tertiary/aromatic N) is 2. The first-order valence-electron chi connectivity index (χ1n) is 14.8. The van der Waals surface area contributed by atoms with Crippen LogP contribution in [0, 0.1) is 5.92 Å². The zero-order chi connectivity index (χ0) is 32.8. The van der Waals surface area contributed by atoms with Gasteiger partial charge in [0.25, 0.3) is 5.91 Å². The summed E-state index contributed by atoms with van der Waals surface area (Å²) in [5.74, 6) is -3.30. The van der Waals surface area contributed by atoms with Crippen LogP contribution < -0.4 is 15.4 Å². The molecule has 1 unspecified atom stereocenters. The first kappa shape index (κ1) is 32.3. The van der Waals surface area contributed by atoms with Crippen molar-refractivity contribution < 1.29 is 42.2 Å². The molecule has 13 heteroatoms. The molecular formula is C33H33F3N4O6. The van der Waals surface area contributed by atoms with E-state index in [-0.39, 0.29) is 24.6 Å². The molecule has 0 saturated carbocycles. The van der Waals surface area contributed by atoms with Crippen molar-refractivity contribution in [3.05, 3.63) is 95.1 Å². The summed E-state index contributed by atoms with van der Waals surface area (Å²) in [6.45, 7) is 1.50. The molecule has 1 fully saturated rings. The average Bonchev–Trinajstić information content (AvgIpc) is 3.04. The molecule has 242 valence electrons. The topological polar surface area (TPSA) is 128 Å². The Morgan fingerprint density at radius 2 is 1.61 bits per heavy atom. The van der Waals surface area contributed by atoms with Gasteiger partial charge in [-0.15, -0.1) is 13.2 Å². The Balaban J connectivity index is 1.13. The molecule has 2 atom stereocenters. The van der Waals surface area contributed by atoms with Crippen molar-refractivity contribution in [1.29, 1.82) is 0 Å². The number of alkyl halides is 3. The number of anilines is 1. The molecule has 3 aromatic carbocycles. The summed E-state index contributed by atoms with van der Waals surface area (Å²) in [6, 6.07) is 17.8. The Labute approximate surface area is 263 Å². The number of carboxylic acids is 1. The van der Waals surface area contributed by atoms with E-state index in [1.165, 1.54) is 22.6 Å². The molecule has 0 radical (unpaired) electrons. The van der Waals surface area contributed by atoms with Crippen molar-refractivity contribution in [2.75, 3.05) is 25.0 Å². The SMILES string of the molecule is O=C(N[C@H](Cc1ccc(NC(=O)N2CCc3ccccc3C2)cc1)C(=O)O)C1CCCN(C(=O)c2ccc(OC(F)(F)F)cc2)C1. The maximum Gasteiger partial charge on any atom is 0.573 e. The molecule has 3 N–H and O–H groups in total. The molecule has 2 aliphatic rings. The van der Waals surface area contributed by atoms with Crippen molar-refractivity contribution in [2.24, 2.45) is 5.92 Å². The van der Waals surface area contributed by atoms with Crippen molar-refractivity contribution in [2.45, 2.75) is 44.6 Å². The molecule has 10 nitrogen and oxygen atoms in total. The van der Waals surface area contributed by atoms with E-state index >= 15 is 0 Å². The number of ether oxygens (including phenoxy) is 1. The van der Waals surface area contributed by atoms with Crippen LogP contribution in [0.4, 0.5) is 23.7 Å². The fourth-order valence-corrected chi connectivity index (χ4v) is 5.68. The van der Waals surface area contributed by atoms with E-state index < -0.39 is 41.9 Å². The fourth-order valence-electron chi connectivity index (χ4n) is 5.68. The summed E-state index contributed by atoms with van der Waals surface area (Å²) in [4.78, 5) is 54.1. The number of hydrogen-bond donors (Lipinski definition) is 3. The van der Waals surface area contributed by atoms with E-state index in [0.717, 1.165) is 24.1 Å². The Hall–Kier alpha value is -5.07. The third-order valence-electron chi connectivity index (χ3n) is 8.09. The largest absolute Gasteiger partial charge is 0.573 e. The van der Waals surface area contributed by atoms with Gasteiger partial charge in [-0.25, -0.2) is 9.59 Å². The normalized spacial score (nSPS) is 17.0. The number of likely N-dealkylation sites (tertiary alicyclic amines) is 1. The van der Waals surface area contributed by atoms with E-state index in [9.17, 15) is 37.5 Å². The number of halogens is 3. The number of urea groups is 1. The molecular weight excluding hydrogens is 605 g/mol. The second kappa shape index (κ2) is 13.9. The molecule has 2 aliphatic heterocycles. The van der Waals surface area contributed by atoms with Gasteiger partial charge in [-0.1, -0.05) is 36.4 Å². The number of benzene rings is 3.